The number of rotatable bonds is 6. The van der Waals surface area contributed by atoms with Crippen molar-refractivity contribution in [2.45, 2.75) is 26.2 Å². The fourth-order valence-corrected chi connectivity index (χ4v) is 4.02. The van der Waals surface area contributed by atoms with Crippen molar-refractivity contribution in [2.75, 3.05) is 0 Å². The summed E-state index contributed by atoms with van der Waals surface area (Å²) in [6, 6.07) is 12.8. The lowest BCUT2D eigenvalue weighted by Gasteiger charge is -2.21. The number of carbonyl (C=O) groups excluding carboxylic acids is 1. The molecular formula is C23H18F3N3O3S. The van der Waals surface area contributed by atoms with Gasteiger partial charge in [0.15, 0.2) is 5.69 Å². The summed E-state index contributed by atoms with van der Waals surface area (Å²) in [5.74, 6) is -0.129. The van der Waals surface area contributed by atoms with Gasteiger partial charge < -0.3 is 9.32 Å². The van der Waals surface area contributed by atoms with Crippen LogP contribution in [0.25, 0.3) is 5.69 Å². The van der Waals surface area contributed by atoms with Gasteiger partial charge in [0, 0.05) is 16.6 Å². The van der Waals surface area contributed by atoms with Crippen LogP contribution in [0.15, 0.2) is 75.5 Å². The van der Waals surface area contributed by atoms with Gasteiger partial charge in [0.05, 0.1) is 30.6 Å². The number of aryl methyl sites for hydroxylation is 1. The average molecular weight is 473 g/mol. The highest BCUT2D eigenvalue weighted by Crippen LogP contribution is 2.30. The number of halogens is 3. The summed E-state index contributed by atoms with van der Waals surface area (Å²) in [6.45, 7) is 1.85. The van der Waals surface area contributed by atoms with E-state index in [0.717, 1.165) is 17.0 Å². The number of hydrogen-bond donors (Lipinski definition) is 0. The van der Waals surface area contributed by atoms with Crippen molar-refractivity contribution in [3.63, 3.8) is 0 Å². The molecule has 3 heterocycles. The average Bonchev–Trinajstić information content (AvgIpc) is 3.47. The quantitative estimate of drug-likeness (QED) is 0.393. The molecule has 170 valence electrons. The molecule has 0 saturated carbocycles. The number of carbonyl (C=O) groups is 1. The monoisotopic (exact) mass is 473 g/mol. The van der Waals surface area contributed by atoms with Crippen molar-refractivity contribution in [1.82, 2.24) is 14.7 Å². The second-order valence-electron chi connectivity index (χ2n) is 7.28. The first-order valence-corrected chi connectivity index (χ1v) is 10.7. The van der Waals surface area contributed by atoms with Crippen molar-refractivity contribution in [1.29, 1.82) is 0 Å². The van der Waals surface area contributed by atoms with Crippen molar-refractivity contribution in [3.05, 3.63) is 104 Å². The molecule has 1 aromatic carbocycles. The molecule has 6 nitrogen and oxygen atoms in total. The van der Waals surface area contributed by atoms with Crippen LogP contribution in [0.4, 0.5) is 13.2 Å². The van der Waals surface area contributed by atoms with Gasteiger partial charge in [0.25, 0.3) is 5.91 Å². The van der Waals surface area contributed by atoms with Crippen molar-refractivity contribution in [3.8, 4) is 5.69 Å². The third-order valence-corrected chi connectivity index (χ3v) is 5.73. The number of alkyl halides is 3. The van der Waals surface area contributed by atoms with Crippen LogP contribution in [-0.4, -0.2) is 20.6 Å². The Bertz CT molecular complexity index is 1280. The van der Waals surface area contributed by atoms with E-state index in [1.165, 1.54) is 52.3 Å². The Labute approximate surface area is 190 Å². The predicted molar refractivity (Wildman–Crippen MR) is 116 cm³/mol. The van der Waals surface area contributed by atoms with Crippen molar-refractivity contribution < 1.29 is 22.4 Å². The summed E-state index contributed by atoms with van der Waals surface area (Å²) in [5, 5.41) is 6.03. The number of thiophene rings is 1. The van der Waals surface area contributed by atoms with Crippen LogP contribution in [0, 0.1) is 6.92 Å². The number of benzene rings is 1. The summed E-state index contributed by atoms with van der Waals surface area (Å²) in [4.78, 5) is 28.4. The summed E-state index contributed by atoms with van der Waals surface area (Å²) in [6.07, 6.45) is -3.06. The fraction of sp³-hybridized carbons (Fsp3) is 0.174. The van der Waals surface area contributed by atoms with Gasteiger partial charge in [0.1, 0.15) is 5.76 Å². The minimum absolute atomic E-state index is 0.0900. The Morgan fingerprint density at radius 1 is 1.12 bits per heavy atom. The van der Waals surface area contributed by atoms with E-state index in [1.54, 1.807) is 12.1 Å². The smallest absolute Gasteiger partial charge is 0.416 e. The molecule has 0 bridgehead atoms. The molecule has 0 saturated heterocycles. The predicted octanol–water partition coefficient (Wildman–Crippen LogP) is 5.06. The van der Waals surface area contributed by atoms with E-state index >= 15 is 0 Å². The highest BCUT2D eigenvalue weighted by molar-refractivity contribution is 7.09. The van der Waals surface area contributed by atoms with Gasteiger partial charge in [-0.25, -0.2) is 4.68 Å². The number of amides is 1. The molecular weight excluding hydrogens is 455 g/mol. The fourth-order valence-electron chi connectivity index (χ4n) is 3.30. The first-order valence-electron chi connectivity index (χ1n) is 9.85. The molecule has 0 radical (unpaired) electrons. The standard InChI is InChI=1S/C23H18F3N3O3S/c1-15-11-20(30)21(27-29(15)17-6-2-5-16(12-17)23(24,25)26)22(31)28(13-18-7-3-9-32-18)14-19-8-4-10-33-19/h2-12H,13-14H2,1H3. The van der Waals surface area contributed by atoms with Crippen molar-refractivity contribution in [2.24, 2.45) is 0 Å². The zero-order valence-corrected chi connectivity index (χ0v) is 18.2. The minimum Gasteiger partial charge on any atom is -0.467 e. The van der Waals surface area contributed by atoms with Crippen LogP contribution < -0.4 is 5.43 Å². The summed E-state index contributed by atoms with van der Waals surface area (Å²) >= 11 is 1.45. The highest BCUT2D eigenvalue weighted by atomic mass is 32.1. The maximum absolute atomic E-state index is 13.4. The van der Waals surface area contributed by atoms with Crippen LogP contribution in [-0.2, 0) is 19.3 Å². The number of nitrogens with zero attached hydrogens (tertiary/aromatic N) is 3. The molecule has 3 aromatic heterocycles. The van der Waals surface area contributed by atoms with Crippen molar-refractivity contribution >= 4 is 17.2 Å². The molecule has 33 heavy (non-hydrogen) atoms. The number of hydrogen-bond acceptors (Lipinski definition) is 5. The van der Waals surface area contributed by atoms with Crippen LogP contribution in [0.2, 0.25) is 0 Å². The second kappa shape index (κ2) is 9.07. The van der Waals surface area contributed by atoms with Crippen LogP contribution in [0.5, 0.6) is 0 Å². The molecule has 0 spiro atoms. The molecule has 0 aliphatic carbocycles. The minimum atomic E-state index is -4.54. The largest absolute Gasteiger partial charge is 0.467 e. The van der Waals surface area contributed by atoms with E-state index in [4.69, 9.17) is 4.42 Å². The summed E-state index contributed by atoms with van der Waals surface area (Å²) < 4.78 is 46.0. The van der Waals surface area contributed by atoms with Gasteiger partial charge in [-0.15, -0.1) is 11.3 Å². The molecule has 0 atom stereocenters. The molecule has 0 unspecified atom stereocenters. The van der Waals surface area contributed by atoms with Gasteiger partial charge in [-0.1, -0.05) is 12.1 Å². The van der Waals surface area contributed by atoms with Gasteiger partial charge in [-0.05, 0) is 48.7 Å². The topological polar surface area (TPSA) is 68.3 Å². The lowest BCUT2D eigenvalue weighted by atomic mass is 10.2. The molecule has 0 aliphatic rings. The van der Waals surface area contributed by atoms with Gasteiger partial charge >= 0.3 is 6.18 Å². The van der Waals surface area contributed by atoms with E-state index in [-0.39, 0.29) is 24.5 Å². The molecule has 4 aromatic rings. The Balaban J connectivity index is 1.74. The molecule has 0 aliphatic heterocycles. The zero-order chi connectivity index (χ0) is 23.6. The molecule has 0 N–H and O–H groups in total. The number of furan rings is 1. The van der Waals surface area contributed by atoms with E-state index in [1.807, 2.05) is 17.5 Å². The Kier molecular flexibility index (Phi) is 6.19. The Morgan fingerprint density at radius 2 is 1.94 bits per heavy atom. The summed E-state index contributed by atoms with van der Waals surface area (Å²) in [7, 11) is 0. The normalized spacial score (nSPS) is 11.5. The zero-order valence-electron chi connectivity index (χ0n) is 17.4. The number of aromatic nitrogens is 2. The van der Waals surface area contributed by atoms with Crippen LogP contribution in [0.1, 0.15) is 32.4 Å². The third kappa shape index (κ3) is 5.06. The summed E-state index contributed by atoms with van der Waals surface area (Å²) in [5.41, 5.74) is -1.47. The van der Waals surface area contributed by atoms with E-state index < -0.39 is 23.1 Å². The lowest BCUT2D eigenvalue weighted by molar-refractivity contribution is -0.137. The Morgan fingerprint density at radius 3 is 2.61 bits per heavy atom. The van der Waals surface area contributed by atoms with E-state index in [0.29, 0.717) is 11.5 Å². The van der Waals surface area contributed by atoms with Crippen LogP contribution >= 0.6 is 11.3 Å². The maximum atomic E-state index is 13.4. The maximum Gasteiger partial charge on any atom is 0.416 e. The SMILES string of the molecule is Cc1cc(=O)c(C(=O)N(Cc2ccco2)Cc2cccs2)nn1-c1cccc(C(F)(F)F)c1. The molecule has 10 heteroatoms. The van der Waals surface area contributed by atoms with E-state index in [2.05, 4.69) is 5.10 Å². The van der Waals surface area contributed by atoms with Crippen LogP contribution in [0.3, 0.4) is 0 Å². The van der Waals surface area contributed by atoms with Gasteiger partial charge in [0.2, 0.25) is 5.43 Å². The highest BCUT2D eigenvalue weighted by Gasteiger charge is 2.31. The second-order valence-corrected chi connectivity index (χ2v) is 8.31. The first kappa shape index (κ1) is 22.5. The first-order chi connectivity index (χ1) is 15.7. The van der Waals surface area contributed by atoms with Gasteiger partial charge in [-0.2, -0.15) is 18.3 Å². The molecule has 4 rings (SSSR count). The van der Waals surface area contributed by atoms with Gasteiger partial charge in [-0.3, -0.25) is 9.59 Å². The third-order valence-electron chi connectivity index (χ3n) is 4.87. The lowest BCUT2D eigenvalue weighted by Crippen LogP contribution is -2.35. The Hall–Kier alpha value is -3.66. The van der Waals surface area contributed by atoms with E-state index in [9.17, 15) is 22.8 Å². The molecule has 1 amide bonds. The molecule has 0 fully saturated rings.